The number of nitrogens with zero attached hydrogens (tertiary/aromatic N) is 3. The molecule has 7 heteroatoms. The Bertz CT molecular complexity index is 584. The summed E-state index contributed by atoms with van der Waals surface area (Å²) in [6.07, 6.45) is 6.13. The molecule has 0 spiro atoms. The molecule has 1 aromatic rings. The maximum atomic E-state index is 12.4. The molecule has 126 valence electrons. The molecule has 1 saturated heterocycles. The quantitative estimate of drug-likeness (QED) is 0.779. The van der Waals surface area contributed by atoms with Gasteiger partial charge in [-0.05, 0) is 40.0 Å². The van der Waals surface area contributed by atoms with Gasteiger partial charge in [0.2, 0.25) is 5.82 Å². The van der Waals surface area contributed by atoms with E-state index in [1.165, 1.54) is 0 Å². The SMILES string of the molecule is CC(C)(C)OC(=O)N1CCC=CC1c1nc(C2CCCO2)no1. The van der Waals surface area contributed by atoms with E-state index in [1.807, 2.05) is 32.9 Å². The third-order valence-electron chi connectivity index (χ3n) is 3.75. The summed E-state index contributed by atoms with van der Waals surface area (Å²) in [7, 11) is 0. The summed E-state index contributed by atoms with van der Waals surface area (Å²) >= 11 is 0. The third kappa shape index (κ3) is 3.72. The lowest BCUT2D eigenvalue weighted by molar-refractivity contribution is 0.0164. The standard InChI is InChI=1S/C16H23N3O4/c1-16(2,3)22-15(20)19-9-5-4-7-11(19)14-17-13(18-23-14)12-8-6-10-21-12/h4,7,11-12H,5-6,8-10H2,1-3H3. The summed E-state index contributed by atoms with van der Waals surface area (Å²) in [5.41, 5.74) is -0.541. The highest BCUT2D eigenvalue weighted by atomic mass is 16.6. The Hall–Kier alpha value is -1.89. The first-order valence-corrected chi connectivity index (χ1v) is 8.05. The van der Waals surface area contributed by atoms with Crippen LogP contribution >= 0.6 is 0 Å². The van der Waals surface area contributed by atoms with Gasteiger partial charge in [0, 0.05) is 13.2 Å². The molecule has 3 rings (SSSR count). The lowest BCUT2D eigenvalue weighted by atomic mass is 10.1. The van der Waals surface area contributed by atoms with Crippen molar-refractivity contribution >= 4 is 6.09 Å². The molecule has 7 nitrogen and oxygen atoms in total. The first kappa shape index (κ1) is 16.0. The molecule has 23 heavy (non-hydrogen) atoms. The second-order valence-corrected chi connectivity index (χ2v) is 6.83. The monoisotopic (exact) mass is 321 g/mol. The van der Waals surface area contributed by atoms with Crippen LogP contribution in [-0.2, 0) is 9.47 Å². The van der Waals surface area contributed by atoms with E-state index in [0.717, 1.165) is 25.9 Å². The Morgan fingerprint density at radius 1 is 1.43 bits per heavy atom. The van der Waals surface area contributed by atoms with E-state index in [-0.39, 0.29) is 18.2 Å². The van der Waals surface area contributed by atoms with Gasteiger partial charge in [-0.2, -0.15) is 4.98 Å². The van der Waals surface area contributed by atoms with Crippen molar-refractivity contribution in [2.75, 3.05) is 13.2 Å². The molecule has 2 aliphatic heterocycles. The number of hydrogen-bond acceptors (Lipinski definition) is 6. The van der Waals surface area contributed by atoms with Crippen LogP contribution in [0.4, 0.5) is 4.79 Å². The Labute approximate surface area is 135 Å². The fourth-order valence-electron chi connectivity index (χ4n) is 2.70. The molecule has 0 saturated carbocycles. The van der Waals surface area contributed by atoms with E-state index < -0.39 is 5.60 Å². The summed E-state index contributed by atoms with van der Waals surface area (Å²) in [6.45, 7) is 6.83. The summed E-state index contributed by atoms with van der Waals surface area (Å²) in [5.74, 6) is 0.956. The average molecular weight is 321 g/mol. The minimum atomic E-state index is -0.541. The van der Waals surface area contributed by atoms with Gasteiger partial charge in [-0.15, -0.1) is 0 Å². The first-order chi connectivity index (χ1) is 10.9. The third-order valence-corrected chi connectivity index (χ3v) is 3.75. The van der Waals surface area contributed by atoms with Gasteiger partial charge in [0.1, 0.15) is 17.7 Å². The number of hydrogen-bond donors (Lipinski definition) is 0. The number of rotatable bonds is 2. The minimum Gasteiger partial charge on any atom is -0.444 e. The van der Waals surface area contributed by atoms with Crippen LogP contribution in [-0.4, -0.2) is 39.9 Å². The molecule has 3 heterocycles. The van der Waals surface area contributed by atoms with Gasteiger partial charge in [-0.3, -0.25) is 4.90 Å². The Morgan fingerprint density at radius 3 is 2.96 bits per heavy atom. The zero-order chi connectivity index (χ0) is 16.4. The van der Waals surface area contributed by atoms with Gasteiger partial charge in [0.15, 0.2) is 0 Å². The van der Waals surface area contributed by atoms with E-state index >= 15 is 0 Å². The van der Waals surface area contributed by atoms with Crippen LogP contribution < -0.4 is 0 Å². The summed E-state index contributed by atoms with van der Waals surface area (Å²) in [5, 5.41) is 4.02. The van der Waals surface area contributed by atoms with Crippen molar-refractivity contribution in [3.8, 4) is 0 Å². The smallest absolute Gasteiger partial charge is 0.411 e. The van der Waals surface area contributed by atoms with Crippen LogP contribution in [0.25, 0.3) is 0 Å². The maximum absolute atomic E-state index is 12.4. The van der Waals surface area contributed by atoms with Crippen LogP contribution in [0.5, 0.6) is 0 Å². The molecule has 2 aliphatic rings. The van der Waals surface area contributed by atoms with E-state index in [4.69, 9.17) is 14.0 Å². The van der Waals surface area contributed by atoms with Gasteiger partial charge >= 0.3 is 6.09 Å². The summed E-state index contributed by atoms with van der Waals surface area (Å²) in [6, 6.07) is -0.388. The second-order valence-electron chi connectivity index (χ2n) is 6.83. The van der Waals surface area contributed by atoms with Crippen molar-refractivity contribution < 1.29 is 18.8 Å². The van der Waals surface area contributed by atoms with Gasteiger partial charge in [-0.25, -0.2) is 4.79 Å². The molecule has 0 aliphatic carbocycles. The van der Waals surface area contributed by atoms with Crippen molar-refractivity contribution in [2.45, 2.75) is 57.8 Å². The minimum absolute atomic E-state index is 0.102. The molecule has 0 aromatic carbocycles. The van der Waals surface area contributed by atoms with Crippen LogP contribution in [0, 0.1) is 0 Å². The lowest BCUT2D eigenvalue weighted by Gasteiger charge is -2.32. The molecular weight excluding hydrogens is 298 g/mol. The molecule has 0 N–H and O–H groups in total. The zero-order valence-corrected chi connectivity index (χ0v) is 13.8. The highest BCUT2D eigenvalue weighted by Crippen LogP contribution is 2.30. The van der Waals surface area contributed by atoms with Crippen molar-refractivity contribution in [3.05, 3.63) is 23.9 Å². The first-order valence-electron chi connectivity index (χ1n) is 8.05. The van der Waals surface area contributed by atoms with E-state index in [9.17, 15) is 4.79 Å². The number of ether oxygens (including phenoxy) is 2. The molecule has 0 radical (unpaired) electrons. The predicted octanol–water partition coefficient (Wildman–Crippen LogP) is 3.16. The predicted molar refractivity (Wildman–Crippen MR) is 81.7 cm³/mol. The highest BCUT2D eigenvalue weighted by molar-refractivity contribution is 5.69. The van der Waals surface area contributed by atoms with Crippen molar-refractivity contribution in [1.82, 2.24) is 15.0 Å². The summed E-state index contributed by atoms with van der Waals surface area (Å²) in [4.78, 5) is 18.5. The molecule has 1 aromatic heterocycles. The number of aromatic nitrogens is 2. The Kier molecular flexibility index (Phi) is 4.39. The van der Waals surface area contributed by atoms with E-state index in [2.05, 4.69) is 10.1 Å². The zero-order valence-electron chi connectivity index (χ0n) is 13.8. The molecule has 2 atom stereocenters. The lowest BCUT2D eigenvalue weighted by Crippen LogP contribution is -2.40. The second kappa shape index (κ2) is 6.31. The highest BCUT2D eigenvalue weighted by Gasteiger charge is 2.33. The Morgan fingerprint density at radius 2 is 2.26 bits per heavy atom. The molecule has 0 bridgehead atoms. The number of carbonyl (C=O) groups excluding carboxylic acids is 1. The van der Waals surface area contributed by atoms with Crippen LogP contribution in [0.3, 0.4) is 0 Å². The summed E-state index contributed by atoms with van der Waals surface area (Å²) < 4.78 is 16.4. The molecular formula is C16H23N3O4. The molecule has 1 amide bonds. The largest absolute Gasteiger partial charge is 0.444 e. The number of amides is 1. The Balaban J connectivity index is 1.77. The van der Waals surface area contributed by atoms with Crippen LogP contribution in [0.15, 0.2) is 16.7 Å². The fourth-order valence-corrected chi connectivity index (χ4v) is 2.70. The normalized spacial score (nSPS) is 24.9. The van der Waals surface area contributed by atoms with Crippen LogP contribution in [0.2, 0.25) is 0 Å². The van der Waals surface area contributed by atoms with Gasteiger partial charge in [0.25, 0.3) is 5.89 Å². The number of carbonyl (C=O) groups is 1. The van der Waals surface area contributed by atoms with Gasteiger partial charge < -0.3 is 14.0 Å². The van der Waals surface area contributed by atoms with Crippen molar-refractivity contribution in [2.24, 2.45) is 0 Å². The van der Waals surface area contributed by atoms with Crippen molar-refractivity contribution in [3.63, 3.8) is 0 Å². The molecule has 2 unspecified atom stereocenters. The fraction of sp³-hybridized carbons (Fsp3) is 0.688. The topological polar surface area (TPSA) is 77.7 Å². The van der Waals surface area contributed by atoms with E-state index in [0.29, 0.717) is 18.3 Å². The average Bonchev–Trinajstić information content (AvgIpc) is 3.16. The van der Waals surface area contributed by atoms with E-state index in [1.54, 1.807) is 4.90 Å². The van der Waals surface area contributed by atoms with Crippen LogP contribution in [0.1, 0.15) is 63.9 Å². The maximum Gasteiger partial charge on any atom is 0.411 e. The van der Waals surface area contributed by atoms with Gasteiger partial charge in [0.05, 0.1) is 0 Å². The molecule has 1 fully saturated rings. The van der Waals surface area contributed by atoms with Gasteiger partial charge in [-0.1, -0.05) is 17.3 Å². The van der Waals surface area contributed by atoms with Crippen molar-refractivity contribution in [1.29, 1.82) is 0 Å².